The van der Waals surface area contributed by atoms with E-state index >= 15 is 0 Å². The monoisotopic (exact) mass is 240 g/mol. The third kappa shape index (κ3) is 4.23. The summed E-state index contributed by atoms with van der Waals surface area (Å²) in [4.78, 5) is 11.6. The second kappa shape index (κ2) is 4.88. The van der Waals surface area contributed by atoms with Crippen molar-refractivity contribution in [3.05, 3.63) is 28.8 Å². The van der Waals surface area contributed by atoms with Crippen LogP contribution in [0.15, 0.2) is 18.2 Å². The molecular formula is C13H17ClO2. The van der Waals surface area contributed by atoms with E-state index in [2.05, 4.69) is 0 Å². The first kappa shape index (κ1) is 13.0. The van der Waals surface area contributed by atoms with Gasteiger partial charge in [0.15, 0.2) is 0 Å². The first-order valence-corrected chi connectivity index (χ1v) is 5.62. The third-order valence-corrected chi connectivity index (χ3v) is 2.30. The maximum Gasteiger partial charge on any atom is 0.311 e. The van der Waals surface area contributed by atoms with Crippen LogP contribution in [0.25, 0.3) is 0 Å². The Balaban J connectivity index is 2.73. The molecule has 0 unspecified atom stereocenters. The number of benzene rings is 1. The van der Waals surface area contributed by atoms with Crippen LogP contribution in [0.3, 0.4) is 0 Å². The summed E-state index contributed by atoms with van der Waals surface area (Å²) in [7, 11) is 0. The van der Waals surface area contributed by atoms with Gasteiger partial charge in [0.25, 0.3) is 0 Å². The molecule has 2 nitrogen and oxygen atoms in total. The van der Waals surface area contributed by atoms with E-state index in [0.717, 1.165) is 5.56 Å². The first-order valence-electron chi connectivity index (χ1n) is 5.25. The quantitative estimate of drug-likeness (QED) is 0.577. The number of carbonyl (C=O) groups excluding carboxylic acids is 1. The van der Waals surface area contributed by atoms with Crippen LogP contribution in [-0.2, 0) is 4.79 Å². The Morgan fingerprint density at radius 1 is 1.38 bits per heavy atom. The Hall–Kier alpha value is -1.02. The Morgan fingerprint density at radius 2 is 2.00 bits per heavy atom. The minimum absolute atomic E-state index is 0.0760. The van der Waals surface area contributed by atoms with E-state index in [1.165, 1.54) is 0 Å². The van der Waals surface area contributed by atoms with Crippen molar-refractivity contribution in [2.75, 3.05) is 0 Å². The van der Waals surface area contributed by atoms with Crippen LogP contribution in [0.5, 0.6) is 5.75 Å². The highest BCUT2D eigenvalue weighted by Crippen LogP contribution is 2.27. The Bertz CT molecular complexity index is 391. The molecule has 0 atom stereocenters. The molecule has 0 heterocycles. The predicted octanol–water partition coefficient (Wildman–Crippen LogP) is 3.99. The summed E-state index contributed by atoms with van der Waals surface area (Å²) < 4.78 is 5.23. The summed E-state index contributed by atoms with van der Waals surface area (Å²) in [5.41, 5.74) is 0.941. The van der Waals surface area contributed by atoms with Crippen molar-refractivity contribution in [2.24, 2.45) is 5.41 Å². The molecule has 0 aliphatic heterocycles. The van der Waals surface area contributed by atoms with E-state index in [0.29, 0.717) is 17.2 Å². The normalized spacial score (nSPS) is 11.3. The number of aryl methyl sites for hydroxylation is 1. The highest BCUT2D eigenvalue weighted by atomic mass is 35.5. The second-order valence-electron chi connectivity index (χ2n) is 5.15. The van der Waals surface area contributed by atoms with Crippen molar-refractivity contribution in [3.63, 3.8) is 0 Å². The lowest BCUT2D eigenvalue weighted by Gasteiger charge is -2.16. The van der Waals surface area contributed by atoms with Crippen LogP contribution in [0, 0.1) is 12.3 Å². The number of ether oxygens (including phenoxy) is 1. The number of esters is 1. The largest absolute Gasteiger partial charge is 0.425 e. The molecule has 0 saturated heterocycles. The zero-order valence-electron chi connectivity index (χ0n) is 10.1. The van der Waals surface area contributed by atoms with E-state index in [-0.39, 0.29) is 11.4 Å². The van der Waals surface area contributed by atoms with Crippen molar-refractivity contribution in [1.82, 2.24) is 0 Å². The standard InChI is InChI=1S/C13H17ClO2/c1-9-5-6-10(14)11(7-9)16-12(15)8-13(2,3)4/h5-7H,8H2,1-4H3. The molecule has 0 N–H and O–H groups in total. The third-order valence-electron chi connectivity index (χ3n) is 1.99. The lowest BCUT2D eigenvalue weighted by Crippen LogP contribution is -2.17. The fraction of sp³-hybridized carbons (Fsp3) is 0.462. The molecule has 1 aromatic carbocycles. The van der Waals surface area contributed by atoms with Crippen LogP contribution in [0.1, 0.15) is 32.8 Å². The molecule has 0 bridgehead atoms. The number of rotatable bonds is 2. The molecule has 0 aliphatic rings. The molecule has 1 aromatic rings. The first-order chi connectivity index (χ1) is 7.28. The Morgan fingerprint density at radius 3 is 2.56 bits per heavy atom. The van der Waals surface area contributed by atoms with Crippen LogP contribution < -0.4 is 4.74 Å². The van der Waals surface area contributed by atoms with Gasteiger partial charge in [-0.05, 0) is 30.0 Å². The fourth-order valence-electron chi connectivity index (χ4n) is 1.28. The van der Waals surface area contributed by atoms with Gasteiger partial charge in [0, 0.05) is 0 Å². The number of halogens is 1. The summed E-state index contributed by atoms with van der Waals surface area (Å²) in [6.07, 6.45) is 0.372. The van der Waals surface area contributed by atoms with Crippen LogP contribution in [0.2, 0.25) is 5.02 Å². The molecule has 3 heteroatoms. The summed E-state index contributed by atoms with van der Waals surface area (Å²) in [5, 5.41) is 0.466. The molecule has 0 saturated carbocycles. The van der Waals surface area contributed by atoms with Crippen molar-refractivity contribution in [3.8, 4) is 5.75 Å². The topological polar surface area (TPSA) is 26.3 Å². The molecule has 0 amide bonds. The van der Waals surface area contributed by atoms with Crippen LogP contribution in [0.4, 0.5) is 0 Å². The minimum atomic E-state index is -0.250. The van der Waals surface area contributed by atoms with Gasteiger partial charge in [-0.1, -0.05) is 38.4 Å². The lowest BCUT2D eigenvalue weighted by molar-refractivity contribution is -0.136. The van der Waals surface area contributed by atoms with Gasteiger partial charge in [0.05, 0.1) is 11.4 Å². The molecule has 1 rings (SSSR count). The average molecular weight is 241 g/mol. The van der Waals surface area contributed by atoms with E-state index < -0.39 is 0 Å². The van der Waals surface area contributed by atoms with Crippen LogP contribution in [-0.4, -0.2) is 5.97 Å². The summed E-state index contributed by atoms with van der Waals surface area (Å²) >= 11 is 5.93. The number of hydrogen-bond donors (Lipinski definition) is 0. The van der Waals surface area contributed by atoms with Crippen molar-refractivity contribution in [2.45, 2.75) is 34.1 Å². The van der Waals surface area contributed by atoms with Gasteiger partial charge in [-0.25, -0.2) is 0 Å². The SMILES string of the molecule is Cc1ccc(Cl)c(OC(=O)CC(C)(C)C)c1. The van der Waals surface area contributed by atoms with Gasteiger partial charge in [-0.15, -0.1) is 0 Å². The second-order valence-corrected chi connectivity index (χ2v) is 5.55. The van der Waals surface area contributed by atoms with Gasteiger partial charge in [0.2, 0.25) is 0 Å². The fourth-order valence-corrected chi connectivity index (χ4v) is 1.44. The molecule has 16 heavy (non-hydrogen) atoms. The summed E-state index contributed by atoms with van der Waals surface area (Å²) in [5.74, 6) is 0.191. The number of carbonyl (C=O) groups is 1. The molecular weight excluding hydrogens is 224 g/mol. The van der Waals surface area contributed by atoms with Crippen LogP contribution >= 0.6 is 11.6 Å². The average Bonchev–Trinajstić information content (AvgIpc) is 2.08. The maximum absolute atomic E-state index is 11.6. The van der Waals surface area contributed by atoms with Gasteiger partial charge >= 0.3 is 5.97 Å². The molecule has 0 fully saturated rings. The number of hydrogen-bond acceptors (Lipinski definition) is 2. The molecule has 88 valence electrons. The van der Waals surface area contributed by atoms with Gasteiger partial charge in [0.1, 0.15) is 5.75 Å². The van der Waals surface area contributed by atoms with Crippen molar-refractivity contribution < 1.29 is 9.53 Å². The van der Waals surface area contributed by atoms with Gasteiger partial charge in [-0.3, -0.25) is 4.79 Å². The zero-order valence-corrected chi connectivity index (χ0v) is 10.9. The molecule has 0 spiro atoms. The Kier molecular flexibility index (Phi) is 3.98. The highest BCUT2D eigenvalue weighted by molar-refractivity contribution is 6.32. The lowest BCUT2D eigenvalue weighted by atomic mass is 9.92. The smallest absolute Gasteiger partial charge is 0.311 e. The molecule has 0 radical (unpaired) electrons. The van der Waals surface area contributed by atoms with E-state index in [4.69, 9.17) is 16.3 Å². The van der Waals surface area contributed by atoms with Crippen molar-refractivity contribution in [1.29, 1.82) is 0 Å². The maximum atomic E-state index is 11.6. The highest BCUT2D eigenvalue weighted by Gasteiger charge is 2.18. The predicted molar refractivity (Wildman–Crippen MR) is 65.9 cm³/mol. The molecule has 0 aromatic heterocycles. The Labute approximate surface area is 102 Å². The van der Waals surface area contributed by atoms with Crippen molar-refractivity contribution >= 4 is 17.6 Å². The molecule has 0 aliphatic carbocycles. The van der Waals surface area contributed by atoms with Gasteiger partial charge in [-0.2, -0.15) is 0 Å². The summed E-state index contributed by atoms with van der Waals surface area (Å²) in [6.45, 7) is 7.90. The van der Waals surface area contributed by atoms with E-state index in [1.54, 1.807) is 12.1 Å². The van der Waals surface area contributed by atoms with Gasteiger partial charge < -0.3 is 4.74 Å². The van der Waals surface area contributed by atoms with E-state index in [9.17, 15) is 4.79 Å². The minimum Gasteiger partial charge on any atom is -0.425 e. The van der Waals surface area contributed by atoms with E-state index in [1.807, 2.05) is 33.8 Å². The summed E-state index contributed by atoms with van der Waals surface area (Å²) in [6, 6.07) is 5.38. The zero-order chi connectivity index (χ0) is 12.3.